The van der Waals surface area contributed by atoms with Gasteiger partial charge in [0.15, 0.2) is 11.6 Å². The number of nitrogens with one attached hydrogen (secondary N) is 2. The minimum atomic E-state index is -0.959. The Labute approximate surface area is 162 Å². The van der Waals surface area contributed by atoms with Gasteiger partial charge < -0.3 is 5.32 Å². The van der Waals surface area contributed by atoms with Crippen LogP contribution in [0.4, 0.5) is 13.6 Å². The average Bonchev–Trinajstić information content (AvgIpc) is 2.88. The van der Waals surface area contributed by atoms with Gasteiger partial charge in [-0.1, -0.05) is 25.3 Å². The Bertz CT molecular complexity index is 795. The van der Waals surface area contributed by atoms with Crippen molar-refractivity contribution in [3.05, 3.63) is 35.4 Å². The van der Waals surface area contributed by atoms with E-state index in [-0.39, 0.29) is 12.6 Å². The number of rotatable bonds is 5. The molecule has 1 aliphatic carbocycles. The first-order chi connectivity index (χ1) is 13.2. The lowest BCUT2D eigenvalue weighted by molar-refractivity contribution is -0.140. The van der Waals surface area contributed by atoms with Gasteiger partial charge in [-0.05, 0) is 44.5 Å². The molecule has 4 amide bonds. The summed E-state index contributed by atoms with van der Waals surface area (Å²) in [6.45, 7) is 1.61. The van der Waals surface area contributed by atoms with E-state index in [0.29, 0.717) is 18.4 Å². The highest BCUT2D eigenvalue weighted by molar-refractivity contribution is 6.08. The predicted octanol–water partition coefficient (Wildman–Crippen LogP) is 2.24. The third-order valence-corrected chi connectivity index (χ3v) is 5.59. The van der Waals surface area contributed by atoms with Gasteiger partial charge in [0.25, 0.3) is 11.8 Å². The van der Waals surface area contributed by atoms with Gasteiger partial charge in [-0.2, -0.15) is 5.01 Å². The molecule has 1 aliphatic heterocycles. The SMILES string of the molecule is C[C@@H](c1ccc(F)c(F)c1)N(C)CC(=O)NN1C(=O)NC2(CCCCC2)C1=O. The number of likely N-dealkylation sites (N-methyl/N-ethyl adjacent to an activating group) is 1. The monoisotopic (exact) mass is 394 g/mol. The maximum atomic E-state index is 13.4. The zero-order chi connectivity index (χ0) is 20.5. The molecule has 1 saturated carbocycles. The van der Waals surface area contributed by atoms with Gasteiger partial charge in [-0.15, -0.1) is 0 Å². The standard InChI is InChI=1S/C19H24F2N4O3/c1-12(13-6-7-14(20)15(21)10-13)24(2)11-16(26)23-25-17(27)19(22-18(25)28)8-4-3-5-9-19/h6-7,10,12H,3-5,8-9,11H2,1-2H3,(H,22,28)(H,23,26)/t12-/m0/s1. The van der Waals surface area contributed by atoms with Crippen molar-refractivity contribution in [2.24, 2.45) is 0 Å². The summed E-state index contributed by atoms with van der Waals surface area (Å²) in [6.07, 6.45) is 3.85. The van der Waals surface area contributed by atoms with Gasteiger partial charge in [0, 0.05) is 6.04 Å². The maximum absolute atomic E-state index is 13.4. The van der Waals surface area contributed by atoms with Crippen molar-refractivity contribution in [3.63, 3.8) is 0 Å². The number of carbonyl (C=O) groups excluding carboxylic acids is 3. The molecule has 1 spiro atoms. The van der Waals surface area contributed by atoms with Crippen LogP contribution >= 0.6 is 0 Å². The van der Waals surface area contributed by atoms with Crippen LogP contribution in [0.15, 0.2) is 18.2 Å². The second-order valence-corrected chi connectivity index (χ2v) is 7.51. The molecule has 2 aliphatic rings. The van der Waals surface area contributed by atoms with Crippen molar-refractivity contribution >= 4 is 17.8 Å². The number of urea groups is 1. The molecule has 1 saturated heterocycles. The number of imide groups is 1. The van der Waals surface area contributed by atoms with E-state index in [4.69, 9.17) is 0 Å². The fourth-order valence-corrected chi connectivity index (χ4v) is 3.77. The Hall–Kier alpha value is -2.55. The number of hydrazine groups is 1. The summed E-state index contributed by atoms with van der Waals surface area (Å²) < 4.78 is 26.5. The highest BCUT2D eigenvalue weighted by Crippen LogP contribution is 2.33. The number of carbonyl (C=O) groups is 3. The van der Waals surface area contributed by atoms with Crippen molar-refractivity contribution in [1.82, 2.24) is 20.7 Å². The molecule has 0 aromatic heterocycles. The van der Waals surface area contributed by atoms with Gasteiger partial charge >= 0.3 is 6.03 Å². The Balaban J connectivity index is 1.60. The summed E-state index contributed by atoms with van der Waals surface area (Å²) in [5, 5.41) is 3.47. The molecular formula is C19H24F2N4O3. The molecule has 1 aromatic rings. The van der Waals surface area contributed by atoms with Crippen LogP contribution in [-0.2, 0) is 9.59 Å². The van der Waals surface area contributed by atoms with Crippen LogP contribution in [0.2, 0.25) is 0 Å². The first-order valence-electron chi connectivity index (χ1n) is 9.35. The van der Waals surface area contributed by atoms with Crippen LogP contribution in [0.25, 0.3) is 0 Å². The van der Waals surface area contributed by atoms with Gasteiger partial charge in [0.2, 0.25) is 0 Å². The Morgan fingerprint density at radius 3 is 2.57 bits per heavy atom. The molecule has 2 N–H and O–H groups in total. The third-order valence-electron chi connectivity index (χ3n) is 5.59. The second-order valence-electron chi connectivity index (χ2n) is 7.51. The van der Waals surface area contributed by atoms with Crippen molar-refractivity contribution in [2.75, 3.05) is 13.6 Å². The lowest BCUT2D eigenvalue weighted by atomic mass is 9.82. The minimum absolute atomic E-state index is 0.135. The minimum Gasteiger partial charge on any atom is -0.322 e. The van der Waals surface area contributed by atoms with E-state index in [9.17, 15) is 23.2 Å². The summed E-state index contributed by atoms with van der Waals surface area (Å²) in [6, 6.07) is 2.55. The molecule has 2 fully saturated rings. The topological polar surface area (TPSA) is 81.8 Å². The van der Waals surface area contributed by atoms with Crippen LogP contribution < -0.4 is 10.7 Å². The quantitative estimate of drug-likeness (QED) is 0.751. The highest BCUT2D eigenvalue weighted by Gasteiger charge is 2.52. The fourth-order valence-electron chi connectivity index (χ4n) is 3.77. The lowest BCUT2D eigenvalue weighted by Gasteiger charge is -2.30. The van der Waals surface area contributed by atoms with Gasteiger partial charge in [0.05, 0.1) is 6.54 Å². The second kappa shape index (κ2) is 7.83. The summed E-state index contributed by atoms with van der Waals surface area (Å²) >= 11 is 0. The molecule has 3 rings (SSSR count). The summed E-state index contributed by atoms with van der Waals surface area (Å²) in [5.74, 6) is -2.87. The summed E-state index contributed by atoms with van der Waals surface area (Å²) in [4.78, 5) is 38.8. The number of benzene rings is 1. The van der Waals surface area contributed by atoms with Crippen LogP contribution in [0.1, 0.15) is 50.6 Å². The molecule has 1 aromatic carbocycles. The number of amides is 4. The van der Waals surface area contributed by atoms with Gasteiger partial charge in [-0.25, -0.2) is 13.6 Å². The molecule has 28 heavy (non-hydrogen) atoms. The van der Waals surface area contributed by atoms with Crippen molar-refractivity contribution in [1.29, 1.82) is 0 Å². The fraction of sp³-hybridized carbons (Fsp3) is 0.526. The number of hydrogen-bond donors (Lipinski definition) is 2. The van der Waals surface area contributed by atoms with Crippen molar-refractivity contribution in [3.8, 4) is 0 Å². The van der Waals surface area contributed by atoms with E-state index in [2.05, 4.69) is 10.7 Å². The average molecular weight is 394 g/mol. The van der Waals surface area contributed by atoms with E-state index in [0.717, 1.165) is 36.4 Å². The van der Waals surface area contributed by atoms with Crippen molar-refractivity contribution < 1.29 is 23.2 Å². The number of hydrogen-bond acceptors (Lipinski definition) is 4. The van der Waals surface area contributed by atoms with E-state index in [1.807, 2.05) is 0 Å². The van der Waals surface area contributed by atoms with Crippen LogP contribution in [0.3, 0.4) is 0 Å². The van der Waals surface area contributed by atoms with Crippen LogP contribution in [0.5, 0.6) is 0 Å². The van der Waals surface area contributed by atoms with Crippen LogP contribution in [-0.4, -0.2) is 46.9 Å². The maximum Gasteiger partial charge on any atom is 0.344 e. The van der Waals surface area contributed by atoms with Crippen molar-refractivity contribution in [2.45, 2.75) is 50.6 Å². The van der Waals surface area contributed by atoms with Gasteiger partial charge in [-0.3, -0.25) is 19.9 Å². The predicted molar refractivity (Wildman–Crippen MR) is 96.7 cm³/mol. The van der Waals surface area contributed by atoms with E-state index < -0.39 is 35.0 Å². The zero-order valence-electron chi connectivity index (χ0n) is 15.9. The number of nitrogens with zero attached hydrogens (tertiary/aromatic N) is 2. The molecule has 0 bridgehead atoms. The summed E-state index contributed by atoms with van der Waals surface area (Å²) in [5.41, 5.74) is 1.96. The van der Waals surface area contributed by atoms with E-state index >= 15 is 0 Å². The highest BCUT2D eigenvalue weighted by atomic mass is 19.2. The van der Waals surface area contributed by atoms with E-state index in [1.165, 1.54) is 6.07 Å². The molecular weight excluding hydrogens is 370 g/mol. The normalized spacial score (nSPS) is 19.8. The first kappa shape index (κ1) is 20.2. The van der Waals surface area contributed by atoms with E-state index in [1.54, 1.807) is 18.9 Å². The lowest BCUT2D eigenvalue weighted by Crippen LogP contribution is -2.52. The molecule has 0 radical (unpaired) electrons. The number of halogens is 2. The Morgan fingerprint density at radius 2 is 1.93 bits per heavy atom. The zero-order valence-corrected chi connectivity index (χ0v) is 15.9. The largest absolute Gasteiger partial charge is 0.344 e. The summed E-state index contributed by atoms with van der Waals surface area (Å²) in [7, 11) is 1.64. The van der Waals surface area contributed by atoms with Gasteiger partial charge in [0.1, 0.15) is 5.54 Å². The molecule has 7 nitrogen and oxygen atoms in total. The molecule has 1 heterocycles. The van der Waals surface area contributed by atoms with Crippen LogP contribution in [0, 0.1) is 11.6 Å². The first-order valence-corrected chi connectivity index (χ1v) is 9.35. The third kappa shape index (κ3) is 3.84. The molecule has 9 heteroatoms. The smallest absolute Gasteiger partial charge is 0.322 e. The Kier molecular flexibility index (Phi) is 5.64. The molecule has 152 valence electrons. The molecule has 1 atom stereocenters. The Morgan fingerprint density at radius 1 is 1.25 bits per heavy atom. The molecule has 0 unspecified atom stereocenters.